The van der Waals surface area contributed by atoms with Gasteiger partial charge in [-0.3, -0.25) is 0 Å². The van der Waals surface area contributed by atoms with Crippen molar-refractivity contribution in [2.75, 3.05) is 17.3 Å². The first kappa shape index (κ1) is 12.4. The lowest BCUT2D eigenvalue weighted by Crippen LogP contribution is -2.25. The summed E-state index contributed by atoms with van der Waals surface area (Å²) in [6.45, 7) is 1.81. The maximum absolute atomic E-state index is 11.0. The highest BCUT2D eigenvalue weighted by Gasteiger charge is 2.10. The van der Waals surface area contributed by atoms with Crippen molar-refractivity contribution in [3.63, 3.8) is 0 Å². The molecule has 6 heteroatoms. The first-order chi connectivity index (χ1) is 6.87. The molecular weight excluding hydrogens is 280 g/mol. The van der Waals surface area contributed by atoms with E-state index >= 15 is 0 Å². The van der Waals surface area contributed by atoms with Gasteiger partial charge in [0.25, 0.3) is 0 Å². The predicted octanol–water partition coefficient (Wildman–Crippen LogP) is 1.69. The van der Waals surface area contributed by atoms with Crippen LogP contribution in [0.2, 0.25) is 0 Å². The van der Waals surface area contributed by atoms with Crippen LogP contribution in [0, 0.1) is 0 Å². The Kier molecular flexibility index (Phi) is 4.10. The largest absolute Gasteiger partial charge is 0.367 e. The van der Waals surface area contributed by atoms with Crippen LogP contribution < -0.4 is 5.32 Å². The van der Waals surface area contributed by atoms with Crippen LogP contribution >= 0.6 is 15.9 Å². The molecule has 4 nitrogen and oxygen atoms in total. The van der Waals surface area contributed by atoms with Crippen molar-refractivity contribution in [2.24, 2.45) is 0 Å². The number of aromatic nitrogens is 1. The molecule has 0 bridgehead atoms. The van der Waals surface area contributed by atoms with Crippen molar-refractivity contribution < 1.29 is 8.42 Å². The van der Waals surface area contributed by atoms with Crippen molar-refractivity contribution in [1.82, 2.24) is 4.98 Å². The van der Waals surface area contributed by atoms with Crippen molar-refractivity contribution in [3.05, 3.63) is 22.8 Å². The standard InChI is InChI=1S/C9H13BrN2O2S/c1-7(6-15(2,13)14)11-9-5-3-4-8(10)12-9/h3-5,7H,6H2,1-2H3,(H,11,12). The number of nitrogens with zero attached hydrogens (tertiary/aromatic N) is 1. The molecular formula is C9H13BrN2O2S. The fraction of sp³-hybridized carbons (Fsp3) is 0.444. The lowest BCUT2D eigenvalue weighted by molar-refractivity contribution is 0.598. The zero-order chi connectivity index (χ0) is 11.5. The molecule has 84 valence electrons. The van der Waals surface area contributed by atoms with Gasteiger partial charge in [-0.25, -0.2) is 13.4 Å². The minimum absolute atomic E-state index is 0.0984. The molecule has 1 unspecified atom stereocenters. The van der Waals surface area contributed by atoms with Gasteiger partial charge in [0.1, 0.15) is 20.3 Å². The Labute approximate surface area is 98.2 Å². The molecule has 1 aromatic rings. The van der Waals surface area contributed by atoms with Crippen molar-refractivity contribution in [2.45, 2.75) is 13.0 Å². The van der Waals surface area contributed by atoms with Crippen LogP contribution in [0.3, 0.4) is 0 Å². The maximum atomic E-state index is 11.0. The molecule has 0 saturated carbocycles. The Hall–Kier alpha value is -0.620. The van der Waals surface area contributed by atoms with Crippen LogP contribution in [0.1, 0.15) is 6.92 Å². The lowest BCUT2D eigenvalue weighted by Gasteiger charge is -2.13. The van der Waals surface area contributed by atoms with Gasteiger partial charge in [-0.15, -0.1) is 0 Å². The molecule has 0 aliphatic carbocycles. The summed E-state index contributed by atoms with van der Waals surface area (Å²) in [6, 6.07) is 5.30. The summed E-state index contributed by atoms with van der Waals surface area (Å²) in [5.74, 6) is 0.766. The van der Waals surface area contributed by atoms with Crippen molar-refractivity contribution in [1.29, 1.82) is 0 Å². The Morgan fingerprint density at radius 2 is 2.20 bits per heavy atom. The number of sulfone groups is 1. The van der Waals surface area contributed by atoms with E-state index in [0.29, 0.717) is 5.82 Å². The minimum atomic E-state index is -2.96. The van der Waals surface area contributed by atoms with Crippen molar-refractivity contribution >= 4 is 31.6 Å². The molecule has 1 rings (SSSR count). The average molecular weight is 293 g/mol. The zero-order valence-electron chi connectivity index (χ0n) is 8.57. The first-order valence-electron chi connectivity index (χ1n) is 4.43. The number of hydrogen-bond donors (Lipinski definition) is 1. The van der Waals surface area contributed by atoms with Gasteiger partial charge in [0.2, 0.25) is 0 Å². The van der Waals surface area contributed by atoms with Crippen LogP contribution in [-0.2, 0) is 9.84 Å². The summed E-state index contributed by atoms with van der Waals surface area (Å²) >= 11 is 3.24. The second-order valence-corrected chi connectivity index (χ2v) is 6.48. The maximum Gasteiger partial charge on any atom is 0.149 e. The third kappa shape index (κ3) is 5.13. The minimum Gasteiger partial charge on any atom is -0.367 e. The monoisotopic (exact) mass is 292 g/mol. The molecule has 0 amide bonds. The highest BCUT2D eigenvalue weighted by Crippen LogP contribution is 2.11. The Balaban J connectivity index is 2.63. The molecule has 1 aromatic heterocycles. The summed E-state index contributed by atoms with van der Waals surface area (Å²) in [6.07, 6.45) is 1.22. The molecule has 15 heavy (non-hydrogen) atoms. The van der Waals surface area contributed by atoms with Gasteiger partial charge in [0.15, 0.2) is 0 Å². The number of nitrogens with one attached hydrogen (secondary N) is 1. The summed E-state index contributed by atoms with van der Waals surface area (Å²) < 4.78 is 22.8. The van der Waals surface area contributed by atoms with Gasteiger partial charge in [-0.2, -0.15) is 0 Å². The summed E-state index contributed by atoms with van der Waals surface area (Å²) in [7, 11) is -2.96. The van der Waals surface area contributed by atoms with Gasteiger partial charge < -0.3 is 5.32 Å². The van der Waals surface area contributed by atoms with E-state index in [2.05, 4.69) is 26.2 Å². The number of hydrogen-bond acceptors (Lipinski definition) is 4. The van der Waals surface area contributed by atoms with Crippen LogP contribution in [0.15, 0.2) is 22.8 Å². The van der Waals surface area contributed by atoms with Gasteiger partial charge in [0.05, 0.1) is 5.75 Å². The Morgan fingerprint density at radius 3 is 2.73 bits per heavy atom. The predicted molar refractivity (Wildman–Crippen MR) is 64.7 cm³/mol. The topological polar surface area (TPSA) is 59.1 Å². The first-order valence-corrected chi connectivity index (χ1v) is 7.29. The Bertz CT molecular complexity index is 433. The smallest absolute Gasteiger partial charge is 0.149 e. The molecule has 0 radical (unpaired) electrons. The molecule has 0 aliphatic heterocycles. The third-order valence-corrected chi connectivity index (χ3v) is 3.21. The van der Waals surface area contributed by atoms with E-state index in [9.17, 15) is 8.42 Å². The Morgan fingerprint density at radius 1 is 1.53 bits per heavy atom. The van der Waals surface area contributed by atoms with Crippen LogP contribution in [-0.4, -0.2) is 31.5 Å². The molecule has 0 spiro atoms. The number of halogens is 1. The normalized spacial score (nSPS) is 13.5. The van der Waals surface area contributed by atoms with Crippen molar-refractivity contribution in [3.8, 4) is 0 Å². The number of pyridine rings is 1. The fourth-order valence-corrected chi connectivity index (χ4v) is 2.57. The van der Waals surface area contributed by atoms with Gasteiger partial charge >= 0.3 is 0 Å². The zero-order valence-corrected chi connectivity index (χ0v) is 11.0. The molecule has 1 heterocycles. The van der Waals surface area contributed by atoms with Crippen LogP contribution in [0.4, 0.5) is 5.82 Å². The van der Waals surface area contributed by atoms with E-state index in [0.717, 1.165) is 4.60 Å². The van der Waals surface area contributed by atoms with E-state index in [-0.39, 0.29) is 11.8 Å². The molecule has 1 atom stereocenters. The second kappa shape index (κ2) is 4.94. The number of anilines is 1. The highest BCUT2D eigenvalue weighted by molar-refractivity contribution is 9.10. The summed E-state index contributed by atoms with van der Waals surface area (Å²) in [5, 5.41) is 3.02. The average Bonchev–Trinajstić information content (AvgIpc) is 1.99. The lowest BCUT2D eigenvalue weighted by atomic mass is 10.4. The fourth-order valence-electron chi connectivity index (χ4n) is 1.24. The van der Waals surface area contributed by atoms with Crippen LogP contribution in [0.25, 0.3) is 0 Å². The quantitative estimate of drug-likeness (QED) is 0.858. The highest BCUT2D eigenvalue weighted by atomic mass is 79.9. The van der Waals surface area contributed by atoms with E-state index in [1.54, 1.807) is 6.07 Å². The number of rotatable bonds is 4. The van der Waals surface area contributed by atoms with Gasteiger partial charge in [0, 0.05) is 12.3 Å². The summed E-state index contributed by atoms with van der Waals surface area (Å²) in [4.78, 5) is 4.15. The van der Waals surface area contributed by atoms with E-state index in [1.807, 2.05) is 19.1 Å². The van der Waals surface area contributed by atoms with E-state index in [4.69, 9.17) is 0 Å². The molecule has 1 N–H and O–H groups in total. The summed E-state index contributed by atoms with van der Waals surface area (Å²) in [5.41, 5.74) is 0. The molecule has 0 fully saturated rings. The van der Waals surface area contributed by atoms with Gasteiger partial charge in [-0.05, 0) is 35.0 Å². The second-order valence-electron chi connectivity index (χ2n) is 3.48. The van der Waals surface area contributed by atoms with Crippen LogP contribution in [0.5, 0.6) is 0 Å². The van der Waals surface area contributed by atoms with E-state index in [1.165, 1.54) is 6.26 Å². The van der Waals surface area contributed by atoms with E-state index < -0.39 is 9.84 Å². The molecule has 0 saturated heterocycles. The molecule has 0 aromatic carbocycles. The SMILES string of the molecule is CC(CS(C)(=O)=O)Nc1cccc(Br)n1. The van der Waals surface area contributed by atoms with Gasteiger partial charge in [-0.1, -0.05) is 6.07 Å². The third-order valence-electron chi connectivity index (χ3n) is 1.66. The molecule has 0 aliphatic rings.